The number of imidazole rings is 1. The summed E-state index contributed by atoms with van der Waals surface area (Å²) in [5, 5.41) is 0.969. The van der Waals surface area contributed by atoms with Gasteiger partial charge in [0.15, 0.2) is 6.17 Å². The summed E-state index contributed by atoms with van der Waals surface area (Å²) in [5.74, 6) is 0. The van der Waals surface area contributed by atoms with Crippen molar-refractivity contribution in [3.05, 3.63) is 135 Å². The summed E-state index contributed by atoms with van der Waals surface area (Å²) in [4.78, 5) is 24.8. The maximum Gasteiger partial charge on any atom is 0.416 e. The van der Waals surface area contributed by atoms with Crippen molar-refractivity contribution in [3.63, 3.8) is 0 Å². The number of nitrogens with zero attached hydrogens (tertiary/aromatic N) is 4. The van der Waals surface area contributed by atoms with E-state index in [-0.39, 0.29) is 11.7 Å². The molecule has 0 bridgehead atoms. The molecule has 1 N–H and O–H groups in total. The average molecular weight is 582 g/mol. The predicted molar refractivity (Wildman–Crippen MR) is 161 cm³/mol. The second-order valence-corrected chi connectivity index (χ2v) is 11.2. The molecule has 2 aliphatic rings. The highest BCUT2D eigenvalue weighted by molar-refractivity contribution is 5.75. The molecule has 0 saturated carbocycles. The van der Waals surface area contributed by atoms with Gasteiger partial charge in [-0.05, 0) is 66.4 Å². The van der Waals surface area contributed by atoms with Crippen LogP contribution in [0, 0.1) is 0 Å². The number of rotatable bonds is 5. The van der Waals surface area contributed by atoms with Gasteiger partial charge in [0.05, 0.1) is 22.0 Å². The van der Waals surface area contributed by atoms with E-state index in [9.17, 15) is 18.0 Å². The van der Waals surface area contributed by atoms with Gasteiger partial charge < -0.3 is 9.88 Å². The third-order valence-electron chi connectivity index (χ3n) is 8.44. The van der Waals surface area contributed by atoms with Crippen molar-refractivity contribution in [2.45, 2.75) is 37.8 Å². The number of nitrogens with one attached hydrogen (secondary N) is 1. The Hall–Kier alpha value is -4.63. The number of likely N-dealkylation sites (tertiary alicyclic amines) is 1. The molecule has 0 radical (unpaired) electrons. The SMILES string of the molecule is O=c1[nH]c2ccccc2n1C1CCN(Cc2ccc(N3C=c4cc(C(F)(F)F)ccc4=NC3c3ccccc3)cc2)CC1. The first-order chi connectivity index (χ1) is 20.8. The predicted octanol–water partition coefficient (Wildman–Crippen LogP) is 5.76. The van der Waals surface area contributed by atoms with Crippen molar-refractivity contribution >= 4 is 22.9 Å². The van der Waals surface area contributed by atoms with Crippen molar-refractivity contribution in [3.8, 4) is 0 Å². The molecule has 0 aliphatic carbocycles. The molecule has 1 saturated heterocycles. The van der Waals surface area contributed by atoms with Crippen LogP contribution in [0.2, 0.25) is 0 Å². The van der Waals surface area contributed by atoms with Crippen molar-refractivity contribution in [1.82, 2.24) is 14.5 Å². The van der Waals surface area contributed by atoms with Gasteiger partial charge in [-0.2, -0.15) is 13.2 Å². The number of halogens is 3. The lowest BCUT2D eigenvalue weighted by molar-refractivity contribution is -0.137. The highest BCUT2D eigenvalue weighted by Crippen LogP contribution is 2.32. The largest absolute Gasteiger partial charge is 0.416 e. The second kappa shape index (κ2) is 10.9. The standard InChI is InChI=1S/C34H30F3N5O/c35-34(36,37)26-12-15-29-25(20-26)22-41(32(38-29)24-6-2-1-3-7-24)27-13-10-23(11-14-27)21-40-18-16-28(17-19-40)42-31-9-5-4-8-30(31)39-33(42)43/h1-15,20,22,28,32H,16-19,21H2,(H,39,43). The molecule has 5 aromatic rings. The van der Waals surface area contributed by atoms with Crippen LogP contribution in [0.25, 0.3) is 17.2 Å². The molecule has 0 spiro atoms. The Kier molecular flexibility index (Phi) is 6.89. The average Bonchev–Trinajstić information content (AvgIpc) is 3.36. The topological polar surface area (TPSA) is 56.6 Å². The molecule has 43 heavy (non-hydrogen) atoms. The first-order valence-electron chi connectivity index (χ1n) is 14.4. The van der Waals surface area contributed by atoms with E-state index in [4.69, 9.17) is 4.99 Å². The number of para-hydroxylation sites is 2. The highest BCUT2D eigenvalue weighted by atomic mass is 19.4. The molecular weight excluding hydrogens is 551 g/mol. The van der Waals surface area contributed by atoms with Crippen LogP contribution in [0.3, 0.4) is 0 Å². The zero-order chi connectivity index (χ0) is 29.6. The minimum absolute atomic E-state index is 0.0532. The first kappa shape index (κ1) is 27.2. The van der Waals surface area contributed by atoms with Crippen LogP contribution in [-0.2, 0) is 12.7 Å². The van der Waals surface area contributed by atoms with Crippen molar-refractivity contribution in [2.24, 2.45) is 4.99 Å². The summed E-state index contributed by atoms with van der Waals surface area (Å²) in [6, 6.07) is 29.6. The molecular formula is C34H30F3N5O. The molecule has 2 aliphatic heterocycles. The van der Waals surface area contributed by atoms with E-state index in [0.717, 1.165) is 72.5 Å². The Morgan fingerprint density at radius 1 is 0.860 bits per heavy atom. The number of aromatic amines is 1. The zero-order valence-corrected chi connectivity index (χ0v) is 23.3. The monoisotopic (exact) mass is 581 g/mol. The molecule has 0 amide bonds. The van der Waals surface area contributed by atoms with Gasteiger partial charge in [-0.3, -0.25) is 14.5 Å². The second-order valence-electron chi connectivity index (χ2n) is 11.2. The van der Waals surface area contributed by atoms with Crippen molar-refractivity contribution < 1.29 is 13.2 Å². The van der Waals surface area contributed by atoms with Gasteiger partial charge in [0.25, 0.3) is 0 Å². The maximum absolute atomic E-state index is 13.5. The molecule has 7 rings (SSSR count). The van der Waals surface area contributed by atoms with Gasteiger partial charge in [-0.25, -0.2) is 4.79 Å². The van der Waals surface area contributed by atoms with Crippen LogP contribution in [0.4, 0.5) is 18.9 Å². The summed E-state index contributed by atoms with van der Waals surface area (Å²) in [6.07, 6.45) is -1.28. The smallest absolute Gasteiger partial charge is 0.321 e. The number of alkyl halides is 3. The van der Waals surface area contributed by atoms with E-state index in [1.165, 1.54) is 6.07 Å². The number of fused-ring (bicyclic) bond motifs is 2. The number of aromatic nitrogens is 2. The third-order valence-corrected chi connectivity index (χ3v) is 8.44. The fourth-order valence-electron chi connectivity index (χ4n) is 6.25. The molecule has 9 heteroatoms. The zero-order valence-electron chi connectivity index (χ0n) is 23.3. The van der Waals surface area contributed by atoms with Gasteiger partial charge in [0, 0.05) is 42.8 Å². The molecule has 6 nitrogen and oxygen atoms in total. The van der Waals surface area contributed by atoms with Crippen molar-refractivity contribution in [1.29, 1.82) is 0 Å². The molecule has 4 aromatic carbocycles. The number of hydrogen-bond acceptors (Lipinski definition) is 4. The Morgan fingerprint density at radius 3 is 2.33 bits per heavy atom. The van der Waals surface area contributed by atoms with Gasteiger partial charge in [-0.15, -0.1) is 0 Å². The fraction of sp³-hybridized carbons (Fsp3) is 0.235. The van der Waals surface area contributed by atoms with Crippen LogP contribution in [0.15, 0.2) is 107 Å². The molecule has 1 fully saturated rings. The molecule has 1 atom stereocenters. The molecule has 3 heterocycles. The third kappa shape index (κ3) is 5.36. The molecule has 1 aromatic heterocycles. The highest BCUT2D eigenvalue weighted by Gasteiger charge is 2.31. The molecule has 218 valence electrons. The Bertz CT molecular complexity index is 1940. The van der Waals surface area contributed by atoms with E-state index < -0.39 is 17.9 Å². The van der Waals surface area contributed by atoms with E-state index in [2.05, 4.69) is 22.0 Å². The van der Waals surface area contributed by atoms with Crippen LogP contribution < -0.4 is 21.2 Å². The maximum atomic E-state index is 13.5. The Labute approximate surface area is 246 Å². The Balaban J connectivity index is 1.10. The number of anilines is 1. The fourth-order valence-corrected chi connectivity index (χ4v) is 6.25. The summed E-state index contributed by atoms with van der Waals surface area (Å²) >= 11 is 0. The number of benzene rings is 4. The quantitative estimate of drug-likeness (QED) is 0.287. The van der Waals surface area contributed by atoms with Crippen LogP contribution >= 0.6 is 0 Å². The van der Waals surface area contributed by atoms with Crippen LogP contribution in [0.5, 0.6) is 0 Å². The normalized spacial score (nSPS) is 17.8. The van der Waals surface area contributed by atoms with E-state index in [1.807, 2.05) is 76.2 Å². The van der Waals surface area contributed by atoms with Crippen molar-refractivity contribution in [2.75, 3.05) is 18.0 Å². The summed E-state index contributed by atoms with van der Waals surface area (Å²) in [6.45, 7) is 2.54. The van der Waals surface area contributed by atoms with E-state index >= 15 is 0 Å². The van der Waals surface area contributed by atoms with E-state index in [0.29, 0.717) is 10.6 Å². The minimum atomic E-state index is -4.43. The lowest BCUT2D eigenvalue weighted by Gasteiger charge is -2.33. The number of H-pyrrole nitrogens is 1. The number of hydrogen-bond donors (Lipinski definition) is 1. The minimum Gasteiger partial charge on any atom is -0.321 e. The Morgan fingerprint density at radius 2 is 1.58 bits per heavy atom. The lowest BCUT2D eigenvalue weighted by atomic mass is 10.0. The van der Waals surface area contributed by atoms with Gasteiger partial charge in [0.1, 0.15) is 0 Å². The first-order valence-corrected chi connectivity index (χ1v) is 14.4. The number of piperidine rings is 1. The summed E-state index contributed by atoms with van der Waals surface area (Å²) in [7, 11) is 0. The van der Waals surface area contributed by atoms with Gasteiger partial charge in [0.2, 0.25) is 0 Å². The van der Waals surface area contributed by atoms with Gasteiger partial charge in [-0.1, -0.05) is 54.6 Å². The molecule has 1 unspecified atom stereocenters. The van der Waals surface area contributed by atoms with Gasteiger partial charge >= 0.3 is 11.9 Å². The summed E-state index contributed by atoms with van der Waals surface area (Å²) in [5.41, 5.74) is 4.03. The van der Waals surface area contributed by atoms with E-state index in [1.54, 1.807) is 6.20 Å². The summed E-state index contributed by atoms with van der Waals surface area (Å²) < 4.78 is 42.3. The van der Waals surface area contributed by atoms with Crippen LogP contribution in [0.1, 0.15) is 41.7 Å². The van der Waals surface area contributed by atoms with Crippen LogP contribution in [-0.4, -0.2) is 27.5 Å². The lowest BCUT2D eigenvalue weighted by Crippen LogP contribution is -2.38.